The van der Waals surface area contributed by atoms with Gasteiger partial charge in [-0.3, -0.25) is 0 Å². The number of hydrogen-bond acceptors (Lipinski definition) is 5. The molecule has 0 saturated carbocycles. The minimum atomic E-state index is -0.670. The lowest BCUT2D eigenvalue weighted by atomic mass is 9.66. The summed E-state index contributed by atoms with van der Waals surface area (Å²) in [6.45, 7) is 0. The van der Waals surface area contributed by atoms with E-state index in [0.29, 0.717) is 17.5 Å². The van der Waals surface area contributed by atoms with Crippen molar-refractivity contribution < 1.29 is 9.15 Å². The summed E-state index contributed by atoms with van der Waals surface area (Å²) >= 11 is 0. The standard InChI is InChI=1S/C46H27N3O2/c1-3-13-28(14-4-1)43-47-44(29-15-5-2-6-16-29)49-45(48-43)30-23-25-39-36(27-30)46(34-20-10-12-22-38(34)51-39)33-19-9-7-17-31(33)41-35(46)24-26-40-42(41)32-18-8-11-21-37(32)50-40/h1-27H. The van der Waals surface area contributed by atoms with Gasteiger partial charge in [-0.25, -0.2) is 15.0 Å². The van der Waals surface area contributed by atoms with Crippen molar-refractivity contribution in [1.82, 2.24) is 15.0 Å². The summed E-state index contributed by atoms with van der Waals surface area (Å²) in [5.74, 6) is 3.49. The van der Waals surface area contributed by atoms with Crippen LogP contribution in [0.15, 0.2) is 168 Å². The van der Waals surface area contributed by atoms with E-state index < -0.39 is 5.41 Å². The Kier molecular flexibility index (Phi) is 5.81. The maximum absolute atomic E-state index is 6.74. The van der Waals surface area contributed by atoms with Crippen LogP contribution in [0.2, 0.25) is 0 Å². The highest BCUT2D eigenvalue weighted by Crippen LogP contribution is 2.63. The van der Waals surface area contributed by atoms with Crippen molar-refractivity contribution in [3.63, 3.8) is 0 Å². The predicted molar refractivity (Wildman–Crippen MR) is 201 cm³/mol. The Morgan fingerprint density at radius 3 is 1.78 bits per heavy atom. The first kappa shape index (κ1) is 28.0. The van der Waals surface area contributed by atoms with Gasteiger partial charge in [-0.1, -0.05) is 127 Å². The second-order valence-electron chi connectivity index (χ2n) is 13.1. The van der Waals surface area contributed by atoms with Crippen LogP contribution in [0.3, 0.4) is 0 Å². The third kappa shape index (κ3) is 3.94. The van der Waals surface area contributed by atoms with E-state index in [9.17, 15) is 0 Å². The van der Waals surface area contributed by atoms with Crippen molar-refractivity contribution in [2.45, 2.75) is 5.41 Å². The average molecular weight is 654 g/mol. The lowest BCUT2D eigenvalue weighted by Crippen LogP contribution is -2.32. The fraction of sp³-hybridized carbons (Fsp3) is 0.0217. The first-order valence-corrected chi connectivity index (χ1v) is 17.1. The van der Waals surface area contributed by atoms with Gasteiger partial charge >= 0.3 is 0 Å². The molecule has 0 radical (unpaired) electrons. The summed E-state index contributed by atoms with van der Waals surface area (Å²) in [5, 5.41) is 2.24. The number of hydrogen-bond donors (Lipinski definition) is 0. The van der Waals surface area contributed by atoms with E-state index >= 15 is 0 Å². The number of fused-ring (bicyclic) bond motifs is 13. The summed E-state index contributed by atoms with van der Waals surface area (Å²) in [4.78, 5) is 15.1. The third-order valence-electron chi connectivity index (χ3n) is 10.4. The molecule has 51 heavy (non-hydrogen) atoms. The predicted octanol–water partition coefficient (Wildman–Crippen LogP) is 11.2. The topological polar surface area (TPSA) is 61.0 Å². The van der Waals surface area contributed by atoms with Gasteiger partial charge in [0.05, 0.1) is 5.41 Å². The van der Waals surface area contributed by atoms with E-state index in [1.165, 1.54) is 22.3 Å². The third-order valence-corrected chi connectivity index (χ3v) is 10.4. The molecule has 0 bridgehead atoms. The number of nitrogens with zero attached hydrogens (tertiary/aromatic N) is 3. The summed E-state index contributed by atoms with van der Waals surface area (Å²) in [5.41, 5.74) is 10.8. The Morgan fingerprint density at radius 1 is 0.412 bits per heavy atom. The Morgan fingerprint density at radius 2 is 1.02 bits per heavy atom. The van der Waals surface area contributed by atoms with Gasteiger partial charge in [0.2, 0.25) is 0 Å². The number of aromatic nitrogens is 3. The second-order valence-corrected chi connectivity index (χ2v) is 13.1. The molecule has 5 nitrogen and oxygen atoms in total. The van der Waals surface area contributed by atoms with Crippen molar-refractivity contribution in [2.24, 2.45) is 0 Å². The summed E-state index contributed by atoms with van der Waals surface area (Å²) in [6.07, 6.45) is 0. The van der Waals surface area contributed by atoms with Gasteiger partial charge in [0.15, 0.2) is 17.5 Å². The molecule has 11 rings (SSSR count). The van der Waals surface area contributed by atoms with E-state index in [4.69, 9.17) is 24.1 Å². The zero-order valence-corrected chi connectivity index (χ0v) is 27.2. The molecular weight excluding hydrogens is 627 g/mol. The zero-order chi connectivity index (χ0) is 33.5. The Labute approximate surface area is 293 Å². The first-order valence-electron chi connectivity index (χ1n) is 17.1. The van der Waals surface area contributed by atoms with Gasteiger partial charge in [-0.2, -0.15) is 0 Å². The van der Waals surface area contributed by atoms with Crippen LogP contribution in [0.5, 0.6) is 11.5 Å². The number of furan rings is 1. The van der Waals surface area contributed by atoms with Gasteiger partial charge in [0, 0.05) is 38.6 Å². The van der Waals surface area contributed by atoms with E-state index in [-0.39, 0.29) is 0 Å². The van der Waals surface area contributed by atoms with Crippen LogP contribution in [0.4, 0.5) is 0 Å². The van der Waals surface area contributed by atoms with Crippen LogP contribution in [0.25, 0.3) is 67.2 Å². The minimum Gasteiger partial charge on any atom is -0.457 e. The Bertz CT molecular complexity index is 2790. The van der Waals surface area contributed by atoms with Gasteiger partial charge in [-0.05, 0) is 58.7 Å². The number of ether oxygens (including phenoxy) is 1. The van der Waals surface area contributed by atoms with Gasteiger partial charge < -0.3 is 9.15 Å². The fourth-order valence-corrected chi connectivity index (χ4v) is 8.28. The molecule has 238 valence electrons. The molecule has 5 heteroatoms. The van der Waals surface area contributed by atoms with Crippen LogP contribution >= 0.6 is 0 Å². The minimum absolute atomic E-state index is 0.599. The van der Waals surface area contributed by atoms with Crippen LogP contribution < -0.4 is 4.74 Å². The fourth-order valence-electron chi connectivity index (χ4n) is 8.28. The average Bonchev–Trinajstić information content (AvgIpc) is 3.72. The molecule has 1 spiro atoms. The highest BCUT2D eigenvalue weighted by Gasteiger charge is 2.52. The SMILES string of the molecule is c1ccc(-c2nc(-c3ccccc3)nc(-c3ccc4c(c3)C3(c5ccccc5O4)c4ccccc4-c4c3ccc3oc5ccccc5c43)n2)cc1. The van der Waals surface area contributed by atoms with E-state index in [1.807, 2.05) is 78.9 Å². The molecule has 1 aliphatic heterocycles. The van der Waals surface area contributed by atoms with Crippen LogP contribution in [-0.2, 0) is 5.41 Å². The van der Waals surface area contributed by atoms with Gasteiger partial charge in [0.25, 0.3) is 0 Å². The van der Waals surface area contributed by atoms with Crippen LogP contribution in [-0.4, -0.2) is 15.0 Å². The van der Waals surface area contributed by atoms with Crippen LogP contribution in [0, 0.1) is 0 Å². The van der Waals surface area contributed by atoms with Crippen molar-refractivity contribution in [2.75, 3.05) is 0 Å². The number of rotatable bonds is 3. The van der Waals surface area contributed by atoms with Crippen molar-refractivity contribution in [1.29, 1.82) is 0 Å². The summed E-state index contributed by atoms with van der Waals surface area (Å²) in [6, 6.07) is 56.5. The number of para-hydroxylation sites is 2. The molecule has 3 heterocycles. The molecule has 1 atom stereocenters. The largest absolute Gasteiger partial charge is 0.457 e. The molecule has 1 unspecified atom stereocenters. The molecule has 2 aromatic heterocycles. The lowest BCUT2D eigenvalue weighted by Gasteiger charge is -2.39. The molecule has 0 N–H and O–H groups in total. The van der Waals surface area contributed by atoms with Gasteiger partial charge in [-0.15, -0.1) is 0 Å². The lowest BCUT2D eigenvalue weighted by molar-refractivity contribution is 0.436. The van der Waals surface area contributed by atoms with Gasteiger partial charge in [0.1, 0.15) is 22.7 Å². The Hall–Kier alpha value is -6.85. The van der Waals surface area contributed by atoms with E-state index in [2.05, 4.69) is 84.9 Å². The maximum Gasteiger partial charge on any atom is 0.164 e. The molecular formula is C46H27N3O2. The smallest absolute Gasteiger partial charge is 0.164 e. The highest BCUT2D eigenvalue weighted by atomic mass is 16.5. The van der Waals surface area contributed by atoms with Crippen molar-refractivity contribution in [3.05, 3.63) is 186 Å². The van der Waals surface area contributed by atoms with Crippen LogP contribution in [0.1, 0.15) is 22.3 Å². The molecule has 0 saturated heterocycles. The summed E-state index contributed by atoms with van der Waals surface area (Å²) in [7, 11) is 0. The second kappa shape index (κ2) is 10.6. The number of benzene rings is 7. The zero-order valence-electron chi connectivity index (χ0n) is 27.2. The van der Waals surface area contributed by atoms with E-state index in [0.717, 1.165) is 61.3 Å². The molecule has 0 fully saturated rings. The van der Waals surface area contributed by atoms with Crippen molar-refractivity contribution in [3.8, 4) is 56.8 Å². The molecule has 9 aromatic rings. The van der Waals surface area contributed by atoms with Crippen molar-refractivity contribution >= 4 is 21.9 Å². The summed E-state index contributed by atoms with van der Waals surface area (Å²) < 4.78 is 13.2. The maximum atomic E-state index is 6.74. The molecule has 0 amide bonds. The Balaban J connectivity index is 1.22. The quantitative estimate of drug-likeness (QED) is 0.190. The monoisotopic (exact) mass is 653 g/mol. The molecule has 7 aromatic carbocycles. The normalized spacial score (nSPS) is 15.3. The first-order chi connectivity index (χ1) is 25.3. The molecule has 2 aliphatic rings. The van der Waals surface area contributed by atoms with E-state index in [1.54, 1.807) is 0 Å². The molecule has 1 aliphatic carbocycles. The highest BCUT2D eigenvalue weighted by molar-refractivity contribution is 6.15.